The van der Waals surface area contributed by atoms with Gasteiger partial charge in [0.05, 0.1) is 0 Å². The van der Waals surface area contributed by atoms with E-state index in [9.17, 15) is 14.4 Å². The van der Waals surface area contributed by atoms with Gasteiger partial charge in [-0.15, -0.1) is 0 Å². The summed E-state index contributed by atoms with van der Waals surface area (Å²) >= 11 is 5.49. The van der Waals surface area contributed by atoms with E-state index in [1.165, 1.54) is 231 Å². The highest BCUT2D eigenvalue weighted by atomic mass is 32.2. The fraction of sp³-hybridized carbons (Fsp3) is 0.962. The minimum Gasteiger partial charge on any atom is -0.462 e. The number of carbonyl (C=O) groups is 3. The molecule has 0 bridgehead atoms. The molecule has 0 fully saturated rings. The third-order valence-electron chi connectivity index (χ3n) is 18.4. The van der Waals surface area contributed by atoms with Crippen molar-refractivity contribution in [3.8, 4) is 0 Å². The van der Waals surface area contributed by atoms with E-state index in [2.05, 4.69) is 39.5 Å². The molecule has 0 saturated heterocycles. The Hall–Kier alpha value is -0.249. The molecule has 0 heterocycles. The number of hydrogen-bond donors (Lipinski definition) is 0. The summed E-state index contributed by atoms with van der Waals surface area (Å²) in [5, 5.41) is 0. The van der Waals surface area contributed by atoms with Crippen molar-refractivity contribution in [3.05, 3.63) is 0 Å². The molecule has 0 unspecified atom stereocenters. The lowest BCUT2D eigenvalue weighted by atomic mass is 10.0. The predicted octanol–water partition coefficient (Wildman–Crippen LogP) is 23.6. The molecule has 0 aromatic rings. The van der Waals surface area contributed by atoms with Gasteiger partial charge in [-0.25, -0.2) is 0 Å². The van der Waals surface area contributed by atoms with Crippen LogP contribution in [0.2, 0.25) is 18.1 Å². The fourth-order valence-corrected chi connectivity index (χ4v) is 19.0. The molecule has 0 aliphatic rings. The first-order valence-corrected chi connectivity index (χ1v) is 50.2. The Morgan fingerprint density at radius 2 is 0.424 bits per heavy atom. The van der Waals surface area contributed by atoms with Crippen molar-refractivity contribution >= 4 is 79.6 Å². The predicted molar refractivity (Wildman–Crippen MR) is 434 cm³/mol. The van der Waals surface area contributed by atoms with Gasteiger partial charge in [0.25, 0.3) is 0 Å². The normalized spacial score (nSPS) is 11.6. The van der Waals surface area contributed by atoms with Crippen molar-refractivity contribution in [3.63, 3.8) is 0 Å². The second-order valence-corrected chi connectivity index (χ2v) is 39.0. The van der Waals surface area contributed by atoms with Crippen LogP contribution in [0.25, 0.3) is 0 Å². The van der Waals surface area contributed by atoms with E-state index in [0.29, 0.717) is 19.3 Å². The Morgan fingerprint density at radius 1 is 0.253 bits per heavy atom. The van der Waals surface area contributed by atoms with Crippen LogP contribution in [0, 0.1) is 0 Å². The second-order valence-electron chi connectivity index (χ2n) is 26.8. The maximum atomic E-state index is 12.8. The average Bonchev–Trinajstić information content (AvgIpc) is 1.02. The number of carbonyl (C=O) groups excluding carboxylic acids is 3. The van der Waals surface area contributed by atoms with Gasteiger partial charge < -0.3 is 54.0 Å². The van der Waals surface area contributed by atoms with E-state index >= 15 is 0 Å². The first-order valence-electron chi connectivity index (χ1n) is 40.2. The Bertz CT molecular complexity index is 1470. The van der Waals surface area contributed by atoms with E-state index < -0.39 is 32.5 Å². The quantitative estimate of drug-likeness (QED) is 0.0244. The van der Waals surface area contributed by atoms with Crippen molar-refractivity contribution < 1.29 is 68.4 Å². The largest absolute Gasteiger partial charge is 0.500 e. The van der Waals surface area contributed by atoms with Crippen molar-refractivity contribution in [2.75, 3.05) is 113 Å². The van der Waals surface area contributed by atoms with E-state index in [1.54, 1.807) is 64.0 Å². The Labute approximate surface area is 629 Å². The minimum absolute atomic E-state index is 0.0611. The van der Waals surface area contributed by atoms with Crippen LogP contribution in [0.4, 0.5) is 0 Å². The van der Waals surface area contributed by atoms with Gasteiger partial charge in [-0.3, -0.25) is 14.4 Å². The molecule has 0 saturated carbocycles. The molecule has 596 valence electrons. The molecular formula is C78H164O15S3Si3. The SMILES string of the molecule is CCCCCCCCCCCCCCCCCC(=O)OCC(COC(=O)CCCCCCCCCCCCCCCCC)OC(=O)CCCCCCCCCCCCCCCCC.CO[Si](CCCSC)(OC)OC.CO[Si](CCCSC)(OC)OC.CO[Si](CCCSC)(OC)OC. The van der Waals surface area contributed by atoms with Gasteiger partial charge in [0, 0.05) is 101 Å². The smallest absolute Gasteiger partial charge is 0.462 e. The monoisotopic (exact) mass is 1520 g/mol. The summed E-state index contributed by atoms with van der Waals surface area (Å²) in [4.78, 5) is 38.1. The van der Waals surface area contributed by atoms with E-state index in [0.717, 1.165) is 112 Å². The zero-order valence-electron chi connectivity index (χ0n) is 67.6. The number of ether oxygens (including phenoxy) is 3. The van der Waals surface area contributed by atoms with Gasteiger partial charge in [-0.05, 0) is 74.6 Å². The summed E-state index contributed by atoms with van der Waals surface area (Å²) in [5.41, 5.74) is 0. The topological polar surface area (TPSA) is 162 Å². The Balaban J connectivity index is -0.000000998. The van der Waals surface area contributed by atoms with Gasteiger partial charge in [-0.1, -0.05) is 290 Å². The van der Waals surface area contributed by atoms with Gasteiger partial charge in [-0.2, -0.15) is 35.3 Å². The number of thioether (sulfide) groups is 3. The van der Waals surface area contributed by atoms with Crippen molar-refractivity contribution in [1.29, 1.82) is 0 Å². The molecule has 0 rings (SSSR count). The third-order valence-corrected chi connectivity index (χ3v) is 29.0. The van der Waals surface area contributed by atoms with Crippen LogP contribution in [0.15, 0.2) is 0 Å². The summed E-state index contributed by atoms with van der Waals surface area (Å²) < 4.78 is 64.3. The number of unbranched alkanes of at least 4 members (excludes halogenated alkanes) is 42. The van der Waals surface area contributed by atoms with Gasteiger partial charge in [0.1, 0.15) is 13.2 Å². The lowest BCUT2D eigenvalue weighted by molar-refractivity contribution is -0.167. The summed E-state index contributed by atoms with van der Waals surface area (Å²) in [5.74, 6) is 2.56. The first-order chi connectivity index (χ1) is 48.3. The molecule has 21 heteroatoms. The Kier molecular flexibility index (Phi) is 90.2. The molecule has 0 amide bonds. The van der Waals surface area contributed by atoms with E-state index in [1.807, 2.05) is 35.3 Å². The van der Waals surface area contributed by atoms with Crippen LogP contribution in [0.5, 0.6) is 0 Å². The van der Waals surface area contributed by atoms with Crippen LogP contribution in [0.3, 0.4) is 0 Å². The molecule has 0 spiro atoms. The lowest BCUT2D eigenvalue weighted by Crippen LogP contribution is -2.42. The number of rotatable bonds is 74. The Morgan fingerprint density at radius 3 is 0.596 bits per heavy atom. The second kappa shape index (κ2) is 85.0. The van der Waals surface area contributed by atoms with E-state index in [-0.39, 0.29) is 31.1 Å². The highest BCUT2D eigenvalue weighted by Crippen LogP contribution is 2.22. The summed E-state index contributed by atoms with van der Waals surface area (Å²) in [6.07, 6.45) is 67.5. The van der Waals surface area contributed by atoms with Gasteiger partial charge in [0.2, 0.25) is 0 Å². The lowest BCUT2D eigenvalue weighted by Gasteiger charge is -2.23. The van der Waals surface area contributed by atoms with Crippen molar-refractivity contribution in [2.24, 2.45) is 0 Å². The minimum atomic E-state index is -2.27. The van der Waals surface area contributed by atoms with Crippen molar-refractivity contribution in [2.45, 2.75) is 372 Å². The molecule has 0 aliphatic heterocycles. The van der Waals surface area contributed by atoms with Gasteiger partial charge in [0.15, 0.2) is 6.10 Å². The van der Waals surface area contributed by atoms with Crippen LogP contribution in [-0.2, 0) is 68.4 Å². The molecule has 99 heavy (non-hydrogen) atoms. The van der Waals surface area contributed by atoms with Gasteiger partial charge >= 0.3 is 44.3 Å². The molecule has 15 nitrogen and oxygen atoms in total. The maximum Gasteiger partial charge on any atom is 0.500 e. The molecule has 0 aliphatic carbocycles. The van der Waals surface area contributed by atoms with E-state index in [4.69, 9.17) is 54.0 Å². The standard InChI is InChI=1S/C57H110O6.3C7H18O3SSi/c1-4-7-10-13-16-19-22-25-28-31-34-37-40-43-46-49-55(58)61-52-54(63-57(60)51-48-45-42-39-36-33-30-27-24-21-18-15-12-9-6-3)53-62-56(59)50-47-44-41-38-35-32-29-26-23-20-17-14-11-8-5-2;3*1-8-12(9-2,10-3)7-5-6-11-4/h54H,4-53H2,1-3H3;3*5-7H2,1-4H3. The fourth-order valence-electron chi connectivity index (χ4n) is 11.8. The average molecular weight is 1520 g/mol. The first kappa shape index (κ1) is 105. The third kappa shape index (κ3) is 74.4. The number of hydrogen-bond acceptors (Lipinski definition) is 18. The maximum absolute atomic E-state index is 12.8. The molecular weight excluding hydrogens is 1360 g/mol. The molecule has 0 aromatic heterocycles. The van der Waals surface area contributed by atoms with Crippen molar-refractivity contribution in [1.82, 2.24) is 0 Å². The summed E-state index contributed by atoms with van der Waals surface area (Å²) in [6, 6.07) is 2.70. The number of esters is 3. The zero-order valence-corrected chi connectivity index (χ0v) is 73.1. The zero-order chi connectivity index (χ0) is 74.1. The molecule has 0 N–H and O–H groups in total. The summed E-state index contributed by atoms with van der Waals surface area (Å²) in [6.45, 7) is 6.71. The highest BCUT2D eigenvalue weighted by molar-refractivity contribution is 7.99. The van der Waals surface area contributed by atoms with Crippen LogP contribution < -0.4 is 0 Å². The molecule has 0 atom stereocenters. The van der Waals surface area contributed by atoms with Crippen LogP contribution >= 0.6 is 35.3 Å². The van der Waals surface area contributed by atoms with Crippen LogP contribution in [-0.4, -0.2) is 164 Å². The molecule has 0 aromatic carbocycles. The van der Waals surface area contributed by atoms with Crippen LogP contribution in [0.1, 0.15) is 348 Å². The molecule has 0 radical (unpaired) electrons. The summed E-state index contributed by atoms with van der Waals surface area (Å²) in [7, 11) is 8.06. The highest BCUT2D eigenvalue weighted by Gasteiger charge is 2.38.